The third kappa shape index (κ3) is 4.50. The Morgan fingerprint density at radius 2 is 1.80 bits per heavy atom. The van der Waals surface area contributed by atoms with E-state index < -0.39 is 10.0 Å². The summed E-state index contributed by atoms with van der Waals surface area (Å²) < 4.78 is 33.2. The van der Waals surface area contributed by atoms with Crippen LogP contribution in [0.2, 0.25) is 0 Å². The van der Waals surface area contributed by atoms with E-state index in [0.29, 0.717) is 18.0 Å². The van der Waals surface area contributed by atoms with Gasteiger partial charge < -0.3 is 4.74 Å². The Morgan fingerprint density at radius 1 is 1.12 bits per heavy atom. The average molecular weight is 398 g/mol. The maximum absolute atomic E-state index is 12.8. The van der Waals surface area contributed by atoms with Gasteiger partial charge in [0.1, 0.15) is 11.9 Å². The molecule has 2 aromatic carbocycles. The van der Waals surface area contributed by atoms with E-state index >= 15 is 0 Å². The molecule has 1 aliphatic rings. The Balaban J connectivity index is 1.70. The highest BCUT2D eigenvalue weighted by atomic mass is 35.7. The molecule has 134 valence electrons. The van der Waals surface area contributed by atoms with Crippen LogP contribution in [0.3, 0.4) is 0 Å². The maximum atomic E-state index is 12.8. The van der Waals surface area contributed by atoms with Crippen LogP contribution in [0.1, 0.15) is 18.4 Å². The van der Waals surface area contributed by atoms with Crippen LogP contribution in [-0.2, 0) is 10.0 Å². The van der Waals surface area contributed by atoms with Crippen LogP contribution in [0.5, 0.6) is 5.75 Å². The first-order valence-corrected chi connectivity index (χ1v) is 11.2. The predicted octanol–water partition coefficient (Wildman–Crippen LogP) is 4.47. The van der Waals surface area contributed by atoms with Crippen molar-refractivity contribution >= 4 is 31.7 Å². The van der Waals surface area contributed by atoms with Gasteiger partial charge in [-0.1, -0.05) is 17.7 Å². The van der Waals surface area contributed by atoms with Crippen LogP contribution in [0.15, 0.2) is 58.3 Å². The van der Waals surface area contributed by atoms with Crippen LogP contribution in [0.25, 0.3) is 0 Å². The second-order valence-electron chi connectivity index (χ2n) is 6.11. The van der Waals surface area contributed by atoms with Gasteiger partial charge in [-0.05, 0) is 77.8 Å². The molecule has 0 saturated carbocycles. The number of hydrogen-bond acceptors (Lipinski definition) is 4. The fraction of sp³-hybridized carbons (Fsp3) is 0.333. The molecule has 1 fully saturated rings. The Morgan fingerprint density at radius 3 is 2.44 bits per heavy atom. The van der Waals surface area contributed by atoms with Crippen molar-refractivity contribution < 1.29 is 13.2 Å². The van der Waals surface area contributed by atoms with Gasteiger partial charge in [0.05, 0.1) is 11.4 Å². The number of aryl methyl sites for hydroxylation is 1. The zero-order valence-electron chi connectivity index (χ0n) is 13.9. The van der Waals surface area contributed by atoms with E-state index in [-0.39, 0.29) is 6.10 Å². The standard InChI is InChI=1S/C18H20ClNO3S2/c1-14-4-10-18(11-5-14)25(21,22)20-12-2-3-16(13-20)23-15-6-8-17(24-19)9-7-15/h4-11,16H,2-3,12-13H2,1H3. The lowest BCUT2D eigenvalue weighted by molar-refractivity contribution is 0.129. The maximum Gasteiger partial charge on any atom is 0.243 e. The zero-order chi connectivity index (χ0) is 17.9. The molecule has 1 saturated heterocycles. The van der Waals surface area contributed by atoms with Crippen molar-refractivity contribution in [3.63, 3.8) is 0 Å². The van der Waals surface area contributed by atoms with Gasteiger partial charge in [-0.15, -0.1) is 0 Å². The number of hydrogen-bond donors (Lipinski definition) is 0. The van der Waals surface area contributed by atoms with Crippen LogP contribution < -0.4 is 4.74 Å². The number of benzene rings is 2. The van der Waals surface area contributed by atoms with E-state index in [1.54, 1.807) is 12.1 Å². The lowest BCUT2D eigenvalue weighted by atomic mass is 10.1. The molecule has 0 amide bonds. The zero-order valence-corrected chi connectivity index (χ0v) is 16.3. The molecule has 0 aromatic heterocycles. The van der Waals surface area contributed by atoms with Crippen molar-refractivity contribution in [3.8, 4) is 5.75 Å². The molecule has 3 rings (SSSR count). The Labute approximate surface area is 157 Å². The summed E-state index contributed by atoms with van der Waals surface area (Å²) in [5, 5.41) is 0. The smallest absolute Gasteiger partial charge is 0.243 e. The van der Waals surface area contributed by atoms with Gasteiger partial charge in [0.25, 0.3) is 0 Å². The third-order valence-corrected chi connectivity index (χ3v) is 7.08. The summed E-state index contributed by atoms with van der Waals surface area (Å²) in [6.07, 6.45) is 1.47. The largest absolute Gasteiger partial charge is 0.489 e. The molecular weight excluding hydrogens is 378 g/mol. The van der Waals surface area contributed by atoms with Crippen molar-refractivity contribution in [2.75, 3.05) is 13.1 Å². The van der Waals surface area contributed by atoms with E-state index in [0.717, 1.165) is 40.0 Å². The topological polar surface area (TPSA) is 46.6 Å². The lowest BCUT2D eigenvalue weighted by Gasteiger charge is -2.32. The Hall–Kier alpha value is -1.21. The number of piperidine rings is 1. The molecule has 1 heterocycles. The van der Waals surface area contributed by atoms with Crippen LogP contribution in [-0.4, -0.2) is 31.9 Å². The van der Waals surface area contributed by atoms with E-state index in [9.17, 15) is 8.42 Å². The lowest BCUT2D eigenvalue weighted by Crippen LogP contribution is -2.44. The molecule has 1 atom stereocenters. The molecule has 0 aliphatic carbocycles. The summed E-state index contributed by atoms with van der Waals surface area (Å²) in [6, 6.07) is 14.5. The molecular formula is C18H20ClNO3S2. The first-order valence-electron chi connectivity index (χ1n) is 8.11. The summed E-state index contributed by atoms with van der Waals surface area (Å²) in [7, 11) is 3.38. The van der Waals surface area contributed by atoms with Gasteiger partial charge in [0, 0.05) is 11.4 Å². The number of halogens is 1. The molecule has 2 aromatic rings. The first kappa shape index (κ1) is 18.6. The monoisotopic (exact) mass is 397 g/mol. The SMILES string of the molecule is Cc1ccc(S(=O)(=O)N2CCCC(Oc3ccc(SCl)cc3)C2)cc1. The minimum atomic E-state index is -3.48. The highest BCUT2D eigenvalue weighted by molar-refractivity contribution is 8.21. The second kappa shape index (κ2) is 7.99. The van der Waals surface area contributed by atoms with E-state index in [2.05, 4.69) is 0 Å². The van der Waals surface area contributed by atoms with Crippen molar-refractivity contribution in [1.82, 2.24) is 4.31 Å². The number of sulfonamides is 1. The number of ether oxygens (including phenoxy) is 1. The molecule has 0 N–H and O–H groups in total. The van der Waals surface area contributed by atoms with E-state index in [1.165, 1.54) is 4.31 Å². The normalized spacial score (nSPS) is 18.9. The molecule has 4 nitrogen and oxygen atoms in total. The quantitative estimate of drug-likeness (QED) is 0.746. The van der Waals surface area contributed by atoms with E-state index in [4.69, 9.17) is 15.4 Å². The van der Waals surface area contributed by atoms with Crippen molar-refractivity contribution in [2.45, 2.75) is 35.7 Å². The molecule has 25 heavy (non-hydrogen) atoms. The Kier molecular flexibility index (Phi) is 5.94. The fourth-order valence-corrected chi connectivity index (χ4v) is 4.90. The van der Waals surface area contributed by atoms with Gasteiger partial charge >= 0.3 is 0 Å². The average Bonchev–Trinajstić information content (AvgIpc) is 2.63. The van der Waals surface area contributed by atoms with Gasteiger partial charge in [-0.2, -0.15) is 4.31 Å². The van der Waals surface area contributed by atoms with Crippen LogP contribution in [0.4, 0.5) is 0 Å². The van der Waals surface area contributed by atoms with Crippen molar-refractivity contribution in [1.29, 1.82) is 0 Å². The molecule has 0 radical (unpaired) electrons. The number of nitrogens with zero attached hydrogens (tertiary/aromatic N) is 1. The van der Waals surface area contributed by atoms with Gasteiger partial charge in [-0.25, -0.2) is 8.42 Å². The van der Waals surface area contributed by atoms with E-state index in [1.807, 2.05) is 43.3 Å². The van der Waals surface area contributed by atoms with Crippen LogP contribution >= 0.6 is 21.7 Å². The van der Waals surface area contributed by atoms with Gasteiger partial charge in [0.15, 0.2) is 0 Å². The predicted molar refractivity (Wildman–Crippen MR) is 102 cm³/mol. The summed E-state index contributed by atoms with van der Waals surface area (Å²) >= 11 is 0. The molecule has 0 bridgehead atoms. The first-order chi connectivity index (χ1) is 12.0. The highest BCUT2D eigenvalue weighted by Crippen LogP contribution is 2.27. The Bertz CT molecular complexity index is 807. The van der Waals surface area contributed by atoms with Gasteiger partial charge in [0.2, 0.25) is 10.0 Å². The molecule has 1 aliphatic heterocycles. The molecule has 1 unspecified atom stereocenters. The van der Waals surface area contributed by atoms with Crippen molar-refractivity contribution in [2.24, 2.45) is 0 Å². The minimum absolute atomic E-state index is 0.150. The number of rotatable bonds is 5. The van der Waals surface area contributed by atoms with Crippen molar-refractivity contribution in [3.05, 3.63) is 54.1 Å². The molecule has 7 heteroatoms. The second-order valence-corrected chi connectivity index (χ2v) is 9.13. The van der Waals surface area contributed by atoms with Gasteiger partial charge in [-0.3, -0.25) is 0 Å². The summed E-state index contributed by atoms with van der Waals surface area (Å²) in [6.45, 7) is 2.83. The minimum Gasteiger partial charge on any atom is -0.489 e. The summed E-state index contributed by atoms with van der Waals surface area (Å²) in [5.74, 6) is 0.731. The third-order valence-electron chi connectivity index (χ3n) is 4.22. The van der Waals surface area contributed by atoms with Crippen LogP contribution in [0, 0.1) is 6.92 Å². The highest BCUT2D eigenvalue weighted by Gasteiger charge is 2.31. The summed E-state index contributed by atoms with van der Waals surface area (Å²) in [4.78, 5) is 1.28. The molecule has 0 spiro atoms. The summed E-state index contributed by atoms with van der Waals surface area (Å²) in [5.41, 5.74) is 1.04. The fourth-order valence-electron chi connectivity index (χ4n) is 2.84.